The molecule has 1 fully saturated rings. The third kappa shape index (κ3) is 3.45. The number of amides is 1. The molecule has 2 atom stereocenters. The number of carboxylic acids is 1. The Hall–Kier alpha value is -1.10. The molecule has 0 spiro atoms. The third-order valence-corrected chi connectivity index (χ3v) is 3.65. The Morgan fingerprint density at radius 3 is 2.39 bits per heavy atom. The molecule has 0 saturated heterocycles. The summed E-state index contributed by atoms with van der Waals surface area (Å²) >= 11 is 0. The van der Waals surface area contributed by atoms with Crippen molar-refractivity contribution in [2.24, 2.45) is 17.6 Å². The van der Waals surface area contributed by atoms with Gasteiger partial charge in [-0.15, -0.1) is 0 Å². The molecule has 0 bridgehead atoms. The summed E-state index contributed by atoms with van der Waals surface area (Å²) in [6, 6.07) is 0. The predicted molar refractivity (Wildman–Crippen MR) is 69.0 cm³/mol. The second-order valence-electron chi connectivity index (χ2n) is 6.02. The highest BCUT2D eigenvalue weighted by atomic mass is 16.4. The number of hydrogen-bond acceptors (Lipinski definition) is 3. The van der Waals surface area contributed by atoms with Crippen molar-refractivity contribution in [3.05, 3.63) is 0 Å². The summed E-state index contributed by atoms with van der Waals surface area (Å²) in [4.78, 5) is 24.9. The molecule has 0 aromatic heterocycles. The van der Waals surface area contributed by atoms with Gasteiger partial charge in [-0.1, -0.05) is 6.42 Å². The Labute approximate surface area is 108 Å². The fourth-order valence-electron chi connectivity index (χ4n) is 2.63. The van der Waals surface area contributed by atoms with Crippen molar-refractivity contribution in [1.82, 2.24) is 4.90 Å². The molecule has 0 aromatic carbocycles. The molecule has 2 unspecified atom stereocenters. The number of carboxylic acid groups (broad SMARTS) is 1. The first-order valence-corrected chi connectivity index (χ1v) is 6.50. The van der Waals surface area contributed by atoms with Gasteiger partial charge in [-0.3, -0.25) is 9.59 Å². The maximum Gasteiger partial charge on any atom is 0.323 e. The molecule has 1 aliphatic rings. The Morgan fingerprint density at radius 1 is 1.33 bits per heavy atom. The molecule has 0 heterocycles. The van der Waals surface area contributed by atoms with Gasteiger partial charge in [-0.25, -0.2) is 0 Å². The van der Waals surface area contributed by atoms with Crippen LogP contribution in [0.1, 0.15) is 40.0 Å². The standard InChI is InChI=1S/C13H24N2O3/c1-13(2,3)15(8-11(16)17)12(18)10-6-4-5-9(10)7-14/h9-10H,4-8,14H2,1-3H3,(H,16,17). The van der Waals surface area contributed by atoms with Gasteiger partial charge in [0, 0.05) is 11.5 Å². The average Bonchev–Trinajstić information content (AvgIpc) is 2.71. The lowest BCUT2D eigenvalue weighted by atomic mass is 9.92. The van der Waals surface area contributed by atoms with Crippen LogP contribution < -0.4 is 5.73 Å². The van der Waals surface area contributed by atoms with E-state index < -0.39 is 11.5 Å². The zero-order valence-electron chi connectivity index (χ0n) is 11.5. The van der Waals surface area contributed by atoms with E-state index in [4.69, 9.17) is 10.8 Å². The van der Waals surface area contributed by atoms with Gasteiger partial charge in [-0.05, 0) is 46.1 Å². The third-order valence-electron chi connectivity index (χ3n) is 3.65. The SMILES string of the molecule is CC(C)(C)N(CC(=O)O)C(=O)C1CCCC1CN. The minimum Gasteiger partial charge on any atom is -0.480 e. The van der Waals surface area contributed by atoms with Gasteiger partial charge in [0.15, 0.2) is 0 Å². The fourth-order valence-corrected chi connectivity index (χ4v) is 2.63. The number of aliphatic carboxylic acids is 1. The van der Waals surface area contributed by atoms with Gasteiger partial charge < -0.3 is 15.7 Å². The summed E-state index contributed by atoms with van der Waals surface area (Å²) in [5.74, 6) is -0.928. The summed E-state index contributed by atoms with van der Waals surface area (Å²) in [7, 11) is 0. The summed E-state index contributed by atoms with van der Waals surface area (Å²) in [5, 5.41) is 8.94. The van der Waals surface area contributed by atoms with Gasteiger partial charge in [0.25, 0.3) is 0 Å². The number of nitrogens with two attached hydrogens (primary N) is 1. The maximum atomic E-state index is 12.5. The summed E-state index contributed by atoms with van der Waals surface area (Å²) < 4.78 is 0. The number of nitrogens with zero attached hydrogens (tertiary/aromatic N) is 1. The zero-order valence-corrected chi connectivity index (χ0v) is 11.5. The van der Waals surface area contributed by atoms with Crippen LogP contribution in [0.5, 0.6) is 0 Å². The van der Waals surface area contributed by atoms with Crippen LogP contribution in [0.15, 0.2) is 0 Å². The van der Waals surface area contributed by atoms with E-state index >= 15 is 0 Å². The van der Waals surface area contributed by atoms with Crippen LogP contribution in [0, 0.1) is 11.8 Å². The maximum absolute atomic E-state index is 12.5. The van der Waals surface area contributed by atoms with E-state index in [-0.39, 0.29) is 24.3 Å². The first-order valence-electron chi connectivity index (χ1n) is 6.50. The Bertz CT molecular complexity index is 323. The summed E-state index contributed by atoms with van der Waals surface area (Å²) in [6.07, 6.45) is 2.80. The lowest BCUT2D eigenvalue weighted by Crippen LogP contribution is -2.51. The normalized spacial score (nSPS) is 24.0. The number of rotatable bonds is 4. The highest BCUT2D eigenvalue weighted by Gasteiger charge is 2.38. The summed E-state index contributed by atoms with van der Waals surface area (Å²) in [6.45, 7) is 5.85. The molecule has 5 nitrogen and oxygen atoms in total. The molecular formula is C13H24N2O3. The lowest BCUT2D eigenvalue weighted by Gasteiger charge is -2.37. The monoisotopic (exact) mass is 256 g/mol. The van der Waals surface area contributed by atoms with Gasteiger partial charge in [-0.2, -0.15) is 0 Å². The quantitative estimate of drug-likeness (QED) is 0.788. The van der Waals surface area contributed by atoms with Crippen LogP contribution in [0.3, 0.4) is 0 Å². The molecule has 1 saturated carbocycles. The van der Waals surface area contributed by atoms with Crippen LogP contribution in [-0.4, -0.2) is 40.5 Å². The van der Waals surface area contributed by atoms with E-state index in [1.807, 2.05) is 20.8 Å². The van der Waals surface area contributed by atoms with Crippen molar-refractivity contribution < 1.29 is 14.7 Å². The highest BCUT2D eigenvalue weighted by Crippen LogP contribution is 2.33. The molecule has 18 heavy (non-hydrogen) atoms. The molecule has 1 amide bonds. The average molecular weight is 256 g/mol. The Morgan fingerprint density at radius 2 is 1.94 bits per heavy atom. The lowest BCUT2D eigenvalue weighted by molar-refractivity contribution is -0.151. The Kier molecular flexibility index (Phi) is 4.73. The molecule has 104 valence electrons. The van der Waals surface area contributed by atoms with Crippen LogP contribution in [0.4, 0.5) is 0 Å². The predicted octanol–water partition coefficient (Wildman–Crippen LogP) is 1.07. The van der Waals surface area contributed by atoms with Crippen molar-refractivity contribution in [2.75, 3.05) is 13.1 Å². The molecule has 0 aromatic rings. The Balaban J connectivity index is 2.85. The van der Waals surface area contributed by atoms with Crippen molar-refractivity contribution in [3.8, 4) is 0 Å². The molecular weight excluding hydrogens is 232 g/mol. The van der Waals surface area contributed by atoms with Gasteiger partial charge >= 0.3 is 5.97 Å². The zero-order chi connectivity index (χ0) is 13.9. The van der Waals surface area contributed by atoms with E-state index in [2.05, 4.69) is 0 Å². The van der Waals surface area contributed by atoms with Crippen LogP contribution in [0.25, 0.3) is 0 Å². The largest absolute Gasteiger partial charge is 0.480 e. The number of carbonyl (C=O) groups is 2. The molecule has 5 heteroatoms. The number of carbonyl (C=O) groups excluding carboxylic acids is 1. The van der Waals surface area contributed by atoms with Gasteiger partial charge in [0.2, 0.25) is 5.91 Å². The second kappa shape index (κ2) is 5.69. The van der Waals surface area contributed by atoms with Crippen molar-refractivity contribution in [2.45, 2.75) is 45.6 Å². The second-order valence-corrected chi connectivity index (χ2v) is 6.02. The molecule has 1 aliphatic carbocycles. The van der Waals surface area contributed by atoms with Gasteiger partial charge in [0.1, 0.15) is 6.54 Å². The minimum atomic E-state index is -0.972. The van der Waals surface area contributed by atoms with E-state index in [0.717, 1.165) is 19.3 Å². The molecule has 0 radical (unpaired) electrons. The van der Waals surface area contributed by atoms with E-state index in [0.29, 0.717) is 6.54 Å². The number of hydrogen-bond donors (Lipinski definition) is 2. The van der Waals surface area contributed by atoms with E-state index in [1.165, 1.54) is 4.90 Å². The van der Waals surface area contributed by atoms with Crippen LogP contribution >= 0.6 is 0 Å². The molecule has 0 aliphatic heterocycles. The fraction of sp³-hybridized carbons (Fsp3) is 0.846. The smallest absolute Gasteiger partial charge is 0.323 e. The van der Waals surface area contributed by atoms with Crippen molar-refractivity contribution >= 4 is 11.9 Å². The first-order chi connectivity index (χ1) is 8.27. The topological polar surface area (TPSA) is 83.6 Å². The van der Waals surface area contributed by atoms with Crippen LogP contribution in [-0.2, 0) is 9.59 Å². The van der Waals surface area contributed by atoms with Crippen molar-refractivity contribution in [1.29, 1.82) is 0 Å². The minimum absolute atomic E-state index is 0.0575. The van der Waals surface area contributed by atoms with Crippen molar-refractivity contribution in [3.63, 3.8) is 0 Å². The first kappa shape index (κ1) is 15.0. The molecule has 3 N–H and O–H groups in total. The molecule has 1 rings (SSSR count). The summed E-state index contributed by atoms with van der Waals surface area (Å²) in [5.41, 5.74) is 5.21. The van der Waals surface area contributed by atoms with Crippen LogP contribution in [0.2, 0.25) is 0 Å². The van der Waals surface area contributed by atoms with E-state index in [9.17, 15) is 9.59 Å². The van der Waals surface area contributed by atoms with Gasteiger partial charge in [0.05, 0.1) is 0 Å². The highest BCUT2D eigenvalue weighted by molar-refractivity contribution is 5.84. The van der Waals surface area contributed by atoms with E-state index in [1.54, 1.807) is 0 Å².